The lowest BCUT2D eigenvalue weighted by molar-refractivity contribution is -0.120. The molecule has 28 heavy (non-hydrogen) atoms. The Morgan fingerprint density at radius 2 is 2.29 bits per heavy atom. The molecule has 0 spiro atoms. The Labute approximate surface area is 170 Å². The highest BCUT2D eigenvalue weighted by molar-refractivity contribution is 7.09. The number of carbonyl (C=O) groups excluding carboxylic acids is 1. The third kappa shape index (κ3) is 5.23. The quantitative estimate of drug-likeness (QED) is 0.729. The Kier molecular flexibility index (Phi) is 7.28. The summed E-state index contributed by atoms with van der Waals surface area (Å²) in [5.74, 6) is 1.90. The van der Waals surface area contributed by atoms with Gasteiger partial charge in [0, 0.05) is 31.6 Å². The topological polar surface area (TPSA) is 63.7 Å². The molecule has 152 valence electrons. The van der Waals surface area contributed by atoms with Crippen molar-refractivity contribution in [2.24, 2.45) is 5.92 Å². The van der Waals surface area contributed by atoms with E-state index in [0.29, 0.717) is 12.5 Å². The Bertz CT molecular complexity index is 766. The van der Waals surface area contributed by atoms with Crippen molar-refractivity contribution in [2.75, 3.05) is 26.8 Å². The minimum Gasteiger partial charge on any atom is -0.493 e. The number of ether oxygens (including phenoxy) is 2. The van der Waals surface area contributed by atoms with Gasteiger partial charge in [-0.05, 0) is 49.9 Å². The number of hydrogen-bond acceptors (Lipinski definition) is 6. The predicted octanol–water partition coefficient (Wildman–Crippen LogP) is 3.64. The summed E-state index contributed by atoms with van der Waals surface area (Å²) in [6.07, 6.45) is 4.01. The van der Waals surface area contributed by atoms with Crippen LogP contribution in [0.5, 0.6) is 11.5 Å². The number of nitrogens with zero attached hydrogens (tertiary/aromatic N) is 2. The van der Waals surface area contributed by atoms with Crippen LogP contribution in [0.25, 0.3) is 0 Å². The minimum atomic E-state index is -0.0184. The summed E-state index contributed by atoms with van der Waals surface area (Å²) in [5.41, 5.74) is 1.20. The second kappa shape index (κ2) is 9.89. The van der Waals surface area contributed by atoms with Crippen LogP contribution in [-0.2, 0) is 11.3 Å². The number of methoxy groups -OCH3 is 1. The highest BCUT2D eigenvalue weighted by Gasteiger charge is 2.30. The van der Waals surface area contributed by atoms with Gasteiger partial charge in [-0.25, -0.2) is 4.98 Å². The van der Waals surface area contributed by atoms with E-state index in [0.717, 1.165) is 49.0 Å². The van der Waals surface area contributed by atoms with E-state index in [1.807, 2.05) is 24.6 Å². The maximum absolute atomic E-state index is 11.8. The molecule has 1 N–H and O–H groups in total. The van der Waals surface area contributed by atoms with E-state index in [9.17, 15) is 4.79 Å². The number of aromatic nitrogens is 1. The fourth-order valence-corrected chi connectivity index (χ4v) is 4.62. The number of amides is 1. The first-order valence-corrected chi connectivity index (χ1v) is 10.7. The smallest absolute Gasteiger partial charge is 0.217 e. The molecule has 0 bridgehead atoms. The van der Waals surface area contributed by atoms with Crippen LogP contribution in [0.4, 0.5) is 0 Å². The summed E-state index contributed by atoms with van der Waals surface area (Å²) < 4.78 is 11.1. The average molecular weight is 404 g/mol. The van der Waals surface area contributed by atoms with Gasteiger partial charge in [0.2, 0.25) is 5.91 Å². The Hall–Kier alpha value is -2.12. The molecular weight excluding hydrogens is 374 g/mol. The summed E-state index contributed by atoms with van der Waals surface area (Å²) in [6, 6.07) is 6.11. The molecule has 7 heteroatoms. The van der Waals surface area contributed by atoms with Gasteiger partial charge in [-0.1, -0.05) is 6.07 Å². The SMILES string of the molecule is CCOc1cc(CN2CCCC(C(NC(C)=O)c3nccs3)C2)ccc1OC. The van der Waals surface area contributed by atoms with Crippen molar-refractivity contribution in [2.45, 2.75) is 39.3 Å². The Balaban J connectivity index is 1.70. The third-order valence-electron chi connectivity index (χ3n) is 5.02. The number of thiazole rings is 1. The molecule has 1 aromatic carbocycles. The van der Waals surface area contributed by atoms with Gasteiger partial charge >= 0.3 is 0 Å². The van der Waals surface area contributed by atoms with Gasteiger partial charge in [-0.3, -0.25) is 9.69 Å². The molecule has 1 aliphatic rings. The van der Waals surface area contributed by atoms with Gasteiger partial charge in [0.1, 0.15) is 5.01 Å². The molecule has 1 aliphatic heterocycles. The Morgan fingerprint density at radius 3 is 2.96 bits per heavy atom. The van der Waals surface area contributed by atoms with Crippen molar-refractivity contribution in [3.63, 3.8) is 0 Å². The molecular formula is C21H29N3O3S. The molecule has 1 amide bonds. The molecule has 2 atom stereocenters. The number of rotatable bonds is 8. The van der Waals surface area contributed by atoms with Crippen molar-refractivity contribution >= 4 is 17.2 Å². The summed E-state index contributed by atoms with van der Waals surface area (Å²) in [7, 11) is 1.66. The van der Waals surface area contributed by atoms with Gasteiger partial charge in [-0.2, -0.15) is 0 Å². The number of carbonyl (C=O) groups is 1. The number of nitrogens with one attached hydrogen (secondary N) is 1. The summed E-state index contributed by atoms with van der Waals surface area (Å²) in [4.78, 5) is 18.7. The van der Waals surface area contributed by atoms with Crippen LogP contribution in [0.1, 0.15) is 43.3 Å². The van der Waals surface area contributed by atoms with E-state index in [4.69, 9.17) is 9.47 Å². The van der Waals surface area contributed by atoms with Crippen LogP contribution < -0.4 is 14.8 Å². The molecule has 0 radical (unpaired) electrons. The van der Waals surface area contributed by atoms with Crippen molar-refractivity contribution in [1.29, 1.82) is 0 Å². The van der Waals surface area contributed by atoms with Crippen LogP contribution in [0.3, 0.4) is 0 Å². The molecule has 1 fully saturated rings. The van der Waals surface area contributed by atoms with E-state index >= 15 is 0 Å². The standard InChI is InChI=1S/C21H29N3O3S/c1-4-27-19-12-16(7-8-18(19)26-3)13-24-10-5-6-17(14-24)20(23-15(2)25)21-22-9-11-28-21/h7-9,11-12,17,20H,4-6,10,13-14H2,1-3H3,(H,23,25). The first-order valence-electron chi connectivity index (χ1n) is 9.79. The second-order valence-corrected chi connectivity index (χ2v) is 8.03. The molecule has 2 heterocycles. The largest absolute Gasteiger partial charge is 0.493 e. The zero-order valence-corrected chi connectivity index (χ0v) is 17.6. The van der Waals surface area contributed by atoms with Gasteiger partial charge in [0.15, 0.2) is 11.5 Å². The first-order chi connectivity index (χ1) is 13.6. The van der Waals surface area contributed by atoms with E-state index < -0.39 is 0 Å². The number of likely N-dealkylation sites (tertiary alicyclic amines) is 1. The van der Waals surface area contributed by atoms with Crippen LogP contribution in [0, 0.1) is 5.92 Å². The summed E-state index contributed by atoms with van der Waals surface area (Å²) in [6.45, 7) is 7.00. The molecule has 2 unspecified atom stereocenters. The monoisotopic (exact) mass is 403 g/mol. The molecule has 6 nitrogen and oxygen atoms in total. The average Bonchev–Trinajstić information content (AvgIpc) is 3.21. The molecule has 2 aromatic rings. The molecule has 3 rings (SSSR count). The van der Waals surface area contributed by atoms with E-state index in [2.05, 4.69) is 27.3 Å². The Morgan fingerprint density at radius 1 is 1.43 bits per heavy atom. The zero-order valence-electron chi connectivity index (χ0n) is 16.8. The highest BCUT2D eigenvalue weighted by atomic mass is 32.1. The highest BCUT2D eigenvalue weighted by Crippen LogP contribution is 2.33. The minimum absolute atomic E-state index is 0.00571. The second-order valence-electron chi connectivity index (χ2n) is 7.10. The number of piperidine rings is 1. The third-order valence-corrected chi connectivity index (χ3v) is 5.88. The lowest BCUT2D eigenvalue weighted by Gasteiger charge is -2.36. The normalized spacial score (nSPS) is 18.5. The molecule has 1 aromatic heterocycles. The van der Waals surface area contributed by atoms with E-state index in [1.165, 1.54) is 5.56 Å². The summed E-state index contributed by atoms with van der Waals surface area (Å²) >= 11 is 1.61. The molecule has 1 saturated heterocycles. The van der Waals surface area contributed by atoms with E-state index in [-0.39, 0.29) is 11.9 Å². The van der Waals surface area contributed by atoms with Gasteiger partial charge in [0.05, 0.1) is 19.8 Å². The van der Waals surface area contributed by atoms with Gasteiger partial charge in [-0.15, -0.1) is 11.3 Å². The van der Waals surface area contributed by atoms with Crippen LogP contribution >= 0.6 is 11.3 Å². The first kappa shape index (κ1) is 20.6. The van der Waals surface area contributed by atoms with E-state index in [1.54, 1.807) is 25.4 Å². The maximum atomic E-state index is 11.8. The maximum Gasteiger partial charge on any atom is 0.217 e. The van der Waals surface area contributed by atoms with Crippen LogP contribution in [-0.4, -0.2) is 42.6 Å². The number of benzene rings is 1. The fourth-order valence-electron chi connectivity index (χ4n) is 3.84. The van der Waals surface area contributed by atoms with Gasteiger partial charge in [0.25, 0.3) is 0 Å². The summed E-state index contributed by atoms with van der Waals surface area (Å²) in [5, 5.41) is 6.08. The van der Waals surface area contributed by atoms with Crippen LogP contribution in [0.15, 0.2) is 29.8 Å². The van der Waals surface area contributed by atoms with Crippen molar-refractivity contribution in [3.05, 3.63) is 40.3 Å². The van der Waals surface area contributed by atoms with Crippen molar-refractivity contribution < 1.29 is 14.3 Å². The van der Waals surface area contributed by atoms with Crippen LogP contribution in [0.2, 0.25) is 0 Å². The molecule has 0 aliphatic carbocycles. The lowest BCUT2D eigenvalue weighted by atomic mass is 9.90. The molecule has 0 saturated carbocycles. The van der Waals surface area contributed by atoms with Gasteiger partial charge < -0.3 is 14.8 Å². The van der Waals surface area contributed by atoms with Crippen molar-refractivity contribution in [3.8, 4) is 11.5 Å². The predicted molar refractivity (Wildman–Crippen MR) is 111 cm³/mol. The van der Waals surface area contributed by atoms with Crippen molar-refractivity contribution in [1.82, 2.24) is 15.2 Å². The zero-order chi connectivity index (χ0) is 19.9. The number of hydrogen-bond donors (Lipinski definition) is 1. The fraction of sp³-hybridized carbons (Fsp3) is 0.524. The lowest BCUT2D eigenvalue weighted by Crippen LogP contribution is -2.42.